The Hall–Kier alpha value is -0.0505. The van der Waals surface area contributed by atoms with Crippen LogP contribution in [0.3, 0.4) is 0 Å². The first-order valence-electron chi connectivity index (χ1n) is 2.07. The molecule has 0 unspecified atom stereocenters. The van der Waals surface area contributed by atoms with Crippen molar-refractivity contribution in [3.8, 4) is 0 Å². The third-order valence-electron chi connectivity index (χ3n) is 0.430. The minimum atomic E-state index is -0.915. The molecular weight excluding hydrogens is 151 g/mol. The predicted molar refractivity (Wildman–Crippen MR) is 24.1 cm³/mol. The van der Waals surface area contributed by atoms with E-state index in [4.69, 9.17) is 5.11 Å². The van der Waals surface area contributed by atoms with Gasteiger partial charge in [-0.15, -0.1) is 0 Å². The van der Waals surface area contributed by atoms with Gasteiger partial charge in [0.2, 0.25) is 0 Å². The van der Waals surface area contributed by atoms with Crippen LogP contribution >= 0.6 is 0 Å². The predicted octanol–water partition coefficient (Wildman–Crippen LogP) is 0.105. The third kappa shape index (κ3) is 9.34. The molecule has 0 fully saturated rings. The van der Waals surface area contributed by atoms with Crippen molar-refractivity contribution in [3.05, 3.63) is 0 Å². The summed E-state index contributed by atoms with van der Waals surface area (Å²) in [5, 5.41) is 7.92. The second-order valence-corrected chi connectivity index (χ2v) is 1.03. The molecule has 8 heavy (non-hydrogen) atoms. The molecule has 0 aromatic heterocycles. The number of carbonyl (C=O) groups is 1. The maximum Gasteiger partial charge on any atom is 0.329 e. The van der Waals surface area contributed by atoms with E-state index in [2.05, 4.69) is 4.74 Å². The fourth-order valence-electron chi connectivity index (χ4n) is 0.189. The van der Waals surface area contributed by atoms with Crippen molar-refractivity contribution in [2.24, 2.45) is 0 Å². The van der Waals surface area contributed by atoms with Crippen LogP contribution in [-0.4, -0.2) is 24.3 Å². The van der Waals surface area contributed by atoms with E-state index in [1.807, 2.05) is 0 Å². The molecule has 0 aromatic carbocycles. The molecule has 0 aliphatic carbocycles. The molecule has 0 saturated carbocycles. The van der Waals surface area contributed by atoms with E-state index in [0.29, 0.717) is 6.61 Å². The number of carboxylic acids is 1. The smallest absolute Gasteiger partial charge is 0.329 e. The van der Waals surface area contributed by atoms with Crippen LogP contribution in [-0.2, 0) is 26.6 Å². The number of rotatable bonds is 3. The van der Waals surface area contributed by atoms with Gasteiger partial charge in [0, 0.05) is 23.7 Å². The quantitative estimate of drug-likeness (QED) is 0.594. The van der Waals surface area contributed by atoms with E-state index in [-0.39, 0.29) is 23.7 Å². The van der Waals surface area contributed by atoms with Crippen molar-refractivity contribution in [1.29, 1.82) is 0 Å². The zero-order valence-corrected chi connectivity index (χ0v) is 5.74. The molecule has 4 heteroatoms. The van der Waals surface area contributed by atoms with Crippen LogP contribution in [0, 0.1) is 0 Å². The van der Waals surface area contributed by atoms with E-state index < -0.39 is 5.97 Å². The molecule has 0 bridgehead atoms. The normalized spacial score (nSPS) is 7.62. The topological polar surface area (TPSA) is 46.5 Å². The van der Waals surface area contributed by atoms with Gasteiger partial charge in [-0.3, -0.25) is 0 Å². The van der Waals surface area contributed by atoms with Crippen LogP contribution in [0.15, 0.2) is 0 Å². The van der Waals surface area contributed by atoms with Crippen molar-refractivity contribution in [1.82, 2.24) is 0 Å². The minimum absolute atomic E-state index is 0. The molecule has 0 amide bonds. The number of carboxylic acid groups (broad SMARTS) is 1. The van der Waals surface area contributed by atoms with E-state index in [0.717, 1.165) is 0 Å². The van der Waals surface area contributed by atoms with Crippen molar-refractivity contribution in [3.63, 3.8) is 0 Å². The van der Waals surface area contributed by atoms with E-state index in [1.54, 1.807) is 6.92 Å². The van der Waals surface area contributed by atoms with Crippen LogP contribution in [0.25, 0.3) is 0 Å². The number of ether oxygens (including phenoxy) is 1. The van der Waals surface area contributed by atoms with Gasteiger partial charge in [0.25, 0.3) is 0 Å². The largest absolute Gasteiger partial charge is 0.480 e. The Morgan fingerprint density at radius 3 is 2.38 bits per heavy atom. The van der Waals surface area contributed by atoms with Gasteiger partial charge in [-0.2, -0.15) is 0 Å². The summed E-state index contributed by atoms with van der Waals surface area (Å²) in [5.41, 5.74) is 0. The Labute approximate surface area is 58.5 Å². The van der Waals surface area contributed by atoms with E-state index >= 15 is 0 Å². The zero-order chi connectivity index (χ0) is 5.70. The van der Waals surface area contributed by atoms with Crippen molar-refractivity contribution < 1.29 is 31.7 Å². The molecular formula is C4H8MnO3. The number of hydrogen-bond donors (Lipinski definition) is 1. The number of aliphatic carboxylic acids is 1. The maximum atomic E-state index is 9.63. The summed E-state index contributed by atoms with van der Waals surface area (Å²) < 4.78 is 4.50. The third-order valence-corrected chi connectivity index (χ3v) is 0.430. The molecule has 0 aliphatic rings. The van der Waals surface area contributed by atoms with Crippen LogP contribution < -0.4 is 0 Å². The molecule has 3 nitrogen and oxygen atoms in total. The SMILES string of the molecule is CCOCC(=O)O.[Mn]. The first kappa shape index (κ1) is 10.8. The maximum absolute atomic E-state index is 9.63. The first-order chi connectivity index (χ1) is 3.27. The van der Waals surface area contributed by atoms with E-state index in [9.17, 15) is 4.79 Å². The average molecular weight is 159 g/mol. The van der Waals surface area contributed by atoms with Crippen LogP contribution in [0.4, 0.5) is 0 Å². The zero-order valence-electron chi connectivity index (χ0n) is 4.56. The molecule has 0 aliphatic heterocycles. The monoisotopic (exact) mass is 159 g/mol. The Balaban J connectivity index is 0. The van der Waals surface area contributed by atoms with Gasteiger partial charge in [0.05, 0.1) is 0 Å². The molecule has 1 radical (unpaired) electrons. The summed E-state index contributed by atoms with van der Waals surface area (Å²) in [4.78, 5) is 9.63. The van der Waals surface area contributed by atoms with Crippen LogP contribution in [0.1, 0.15) is 6.92 Å². The molecule has 49 valence electrons. The van der Waals surface area contributed by atoms with E-state index in [1.165, 1.54) is 0 Å². The Kier molecular flexibility index (Phi) is 9.42. The Bertz CT molecular complexity index is 64.3. The van der Waals surface area contributed by atoms with Gasteiger partial charge in [-0.1, -0.05) is 0 Å². The van der Waals surface area contributed by atoms with Gasteiger partial charge in [0.15, 0.2) is 0 Å². The van der Waals surface area contributed by atoms with Gasteiger partial charge < -0.3 is 9.84 Å². The average Bonchev–Trinajstić information content (AvgIpc) is 1.61. The summed E-state index contributed by atoms with van der Waals surface area (Å²) in [7, 11) is 0. The summed E-state index contributed by atoms with van der Waals surface area (Å²) in [5.74, 6) is -0.915. The summed E-state index contributed by atoms with van der Waals surface area (Å²) in [6.45, 7) is 2.03. The summed E-state index contributed by atoms with van der Waals surface area (Å²) in [6, 6.07) is 0. The summed E-state index contributed by atoms with van der Waals surface area (Å²) >= 11 is 0. The molecule has 0 aromatic rings. The minimum Gasteiger partial charge on any atom is -0.480 e. The van der Waals surface area contributed by atoms with Crippen molar-refractivity contribution in [2.45, 2.75) is 6.92 Å². The molecule has 0 atom stereocenters. The summed E-state index contributed by atoms with van der Waals surface area (Å²) in [6.07, 6.45) is 0. The van der Waals surface area contributed by atoms with Gasteiger partial charge in [-0.25, -0.2) is 4.79 Å². The fourth-order valence-corrected chi connectivity index (χ4v) is 0.189. The van der Waals surface area contributed by atoms with Gasteiger partial charge >= 0.3 is 5.97 Å². The molecule has 0 rings (SSSR count). The van der Waals surface area contributed by atoms with Crippen LogP contribution in [0.5, 0.6) is 0 Å². The van der Waals surface area contributed by atoms with Crippen molar-refractivity contribution in [2.75, 3.05) is 13.2 Å². The van der Waals surface area contributed by atoms with Crippen molar-refractivity contribution >= 4 is 5.97 Å². The second kappa shape index (κ2) is 6.95. The van der Waals surface area contributed by atoms with Crippen LogP contribution in [0.2, 0.25) is 0 Å². The Morgan fingerprint density at radius 2 is 2.25 bits per heavy atom. The standard InChI is InChI=1S/C4H8O3.Mn/c1-2-7-3-4(5)6;/h2-3H2,1H3,(H,5,6);. The number of hydrogen-bond acceptors (Lipinski definition) is 2. The molecule has 0 spiro atoms. The van der Waals surface area contributed by atoms with Gasteiger partial charge in [0.1, 0.15) is 6.61 Å². The Morgan fingerprint density at radius 1 is 1.75 bits per heavy atom. The molecule has 1 N–H and O–H groups in total. The first-order valence-corrected chi connectivity index (χ1v) is 2.07. The molecule has 0 heterocycles. The van der Waals surface area contributed by atoms with Gasteiger partial charge in [-0.05, 0) is 6.92 Å². The fraction of sp³-hybridized carbons (Fsp3) is 0.750. The second-order valence-electron chi connectivity index (χ2n) is 1.03. The molecule has 0 saturated heterocycles.